The Balaban J connectivity index is 0.00000338. The van der Waals surface area contributed by atoms with Gasteiger partial charge in [-0.05, 0) is 51.2 Å². The Hall–Kier alpha value is -4.48. The Kier molecular flexibility index (Phi) is 7.09. The molecule has 0 atom stereocenters. The van der Waals surface area contributed by atoms with Crippen LogP contribution in [0, 0.1) is 18.8 Å². The van der Waals surface area contributed by atoms with Gasteiger partial charge < -0.3 is 28.6 Å². The van der Waals surface area contributed by atoms with E-state index >= 15 is 0 Å². The summed E-state index contributed by atoms with van der Waals surface area (Å²) in [5.74, 6) is 3.29. The molecular weight excluding hydrogens is 756 g/mol. The van der Waals surface area contributed by atoms with Crippen molar-refractivity contribution in [1.29, 1.82) is 0 Å². The van der Waals surface area contributed by atoms with Crippen LogP contribution < -0.4 is 4.74 Å². The first kappa shape index (κ1) is 30.2. The van der Waals surface area contributed by atoms with E-state index in [2.05, 4.69) is 94.6 Å². The van der Waals surface area contributed by atoms with Crippen LogP contribution in [0.3, 0.4) is 0 Å². The van der Waals surface area contributed by atoms with Gasteiger partial charge in [0.15, 0.2) is 0 Å². The van der Waals surface area contributed by atoms with Gasteiger partial charge in [0.1, 0.15) is 12.1 Å². The number of benzene rings is 3. The van der Waals surface area contributed by atoms with Crippen LogP contribution in [0.25, 0.3) is 33.3 Å². The Morgan fingerprint density at radius 1 is 0.804 bits per heavy atom. The third kappa shape index (κ3) is 4.98. The van der Waals surface area contributed by atoms with E-state index in [1.165, 1.54) is 11.1 Å². The number of hydrogen-bond acceptors (Lipinski definition) is 6. The van der Waals surface area contributed by atoms with Gasteiger partial charge in [0.2, 0.25) is 11.8 Å². The smallest absolute Gasteiger partial charge is 0.229 e. The summed E-state index contributed by atoms with van der Waals surface area (Å²) in [7, 11) is 0. The molecule has 0 amide bonds. The minimum atomic E-state index is -0.0155. The fourth-order valence-corrected chi connectivity index (χ4v) is 5.93. The molecule has 8 heteroatoms. The Morgan fingerprint density at radius 2 is 1.59 bits per heavy atom. The van der Waals surface area contributed by atoms with E-state index in [1.54, 1.807) is 12.5 Å². The summed E-state index contributed by atoms with van der Waals surface area (Å²) < 4.78 is 20.0. The molecule has 0 saturated heterocycles. The van der Waals surface area contributed by atoms with Crippen LogP contribution in [0.5, 0.6) is 11.5 Å². The number of aromatic nitrogens is 2. The molecule has 0 saturated carbocycles. The van der Waals surface area contributed by atoms with Gasteiger partial charge in [-0.1, -0.05) is 65.3 Å². The van der Waals surface area contributed by atoms with E-state index in [-0.39, 0.29) is 31.9 Å². The molecule has 8 rings (SSSR count). The number of fused-ring (bicyclic) bond motifs is 5. The minimum Gasteiger partial charge on any atom is -0.503 e. The molecule has 7 nitrogen and oxygen atoms in total. The van der Waals surface area contributed by atoms with Crippen molar-refractivity contribution in [2.24, 2.45) is 0 Å². The van der Waals surface area contributed by atoms with Crippen molar-refractivity contribution in [3.63, 3.8) is 0 Å². The maximum atomic E-state index is 6.42. The molecular formula is C38H33N4O3Pt-3. The second-order valence-corrected chi connectivity index (χ2v) is 13.6. The molecule has 0 bridgehead atoms. The van der Waals surface area contributed by atoms with Crippen LogP contribution in [0.15, 0.2) is 97.4 Å². The summed E-state index contributed by atoms with van der Waals surface area (Å²) in [6.45, 7) is 15.3. The van der Waals surface area contributed by atoms with Gasteiger partial charge in [-0.15, -0.1) is 48.0 Å². The molecule has 46 heavy (non-hydrogen) atoms. The molecule has 0 fully saturated rings. The van der Waals surface area contributed by atoms with Crippen molar-refractivity contribution in [1.82, 2.24) is 19.4 Å². The van der Waals surface area contributed by atoms with Crippen LogP contribution in [0.2, 0.25) is 0 Å². The number of hydrogen-bond donors (Lipinski definition) is 0. The van der Waals surface area contributed by atoms with E-state index in [0.717, 1.165) is 38.9 Å². The van der Waals surface area contributed by atoms with Crippen molar-refractivity contribution >= 4 is 27.5 Å². The Labute approximate surface area is 283 Å². The fourth-order valence-electron chi connectivity index (χ4n) is 5.93. The van der Waals surface area contributed by atoms with Crippen molar-refractivity contribution < 1.29 is 35.3 Å². The third-order valence-corrected chi connectivity index (χ3v) is 8.44. The molecule has 0 aliphatic carbocycles. The molecule has 2 aromatic heterocycles. The Bertz CT molecular complexity index is 2110. The molecule has 0 spiro atoms. The topological polar surface area (TPSA) is 52.0 Å². The number of nitrogens with zero attached hydrogens (tertiary/aromatic N) is 4. The second kappa shape index (κ2) is 10.8. The molecule has 3 aromatic carbocycles. The summed E-state index contributed by atoms with van der Waals surface area (Å²) in [5.41, 5.74) is 6.16. The molecule has 236 valence electrons. The van der Waals surface area contributed by atoms with Crippen LogP contribution >= 0.6 is 0 Å². The molecule has 5 aromatic rings. The van der Waals surface area contributed by atoms with E-state index in [1.807, 2.05) is 53.1 Å². The molecule has 5 heterocycles. The van der Waals surface area contributed by atoms with Gasteiger partial charge in [0.25, 0.3) is 0 Å². The van der Waals surface area contributed by atoms with Gasteiger partial charge in [-0.25, -0.2) is 4.98 Å². The second-order valence-electron chi connectivity index (χ2n) is 13.6. The summed E-state index contributed by atoms with van der Waals surface area (Å²) in [4.78, 5) is 8.65. The maximum absolute atomic E-state index is 6.42. The van der Waals surface area contributed by atoms with Crippen LogP contribution in [0.4, 0.5) is 0 Å². The minimum absolute atomic E-state index is 0. The normalized spacial score (nSPS) is 15.6. The molecule has 0 unspecified atom stereocenters. The first-order chi connectivity index (χ1) is 21.5. The zero-order valence-corrected chi connectivity index (χ0v) is 28.8. The molecule has 3 aliphatic rings. The molecule has 3 aliphatic heterocycles. The molecule has 0 radical (unpaired) electrons. The molecule has 0 N–H and O–H groups in total. The summed E-state index contributed by atoms with van der Waals surface area (Å²) in [5, 5.41) is 2.26. The van der Waals surface area contributed by atoms with Gasteiger partial charge in [-0.2, -0.15) is 6.07 Å². The first-order valence-corrected chi connectivity index (χ1v) is 15.1. The van der Waals surface area contributed by atoms with Crippen LogP contribution in [0.1, 0.15) is 58.2 Å². The van der Waals surface area contributed by atoms with E-state index in [4.69, 9.17) is 19.2 Å². The average Bonchev–Trinajstić information content (AvgIpc) is 3.76. The SMILES string of the molecule is CC(C)(C)c1ccnc(-n2c3[c-]c(Oc4[c-]c(C5=COC6=C7OC=CN7[CH-]N56)ccc4)ccc3c3cc(C(C)(C)C)ccc32)c1.[Pt]. The summed E-state index contributed by atoms with van der Waals surface area (Å²) in [6, 6.07) is 27.9. The predicted octanol–water partition coefficient (Wildman–Crippen LogP) is 8.86. The van der Waals surface area contributed by atoms with Gasteiger partial charge >= 0.3 is 0 Å². The number of rotatable bonds is 4. The summed E-state index contributed by atoms with van der Waals surface area (Å²) in [6.07, 6.45) is 7.07. The summed E-state index contributed by atoms with van der Waals surface area (Å²) >= 11 is 0. The standard InChI is InChI=1S/C38H33N4O3.Pt/c1-37(2,3)25-10-13-31-30(19-25)29-12-11-28(21-32(29)42(31)34-20-26(14-15-39-34)38(4,5)6)45-27-9-7-8-24(18-27)33-22-44-36-35-40(16-17-43-35)23-41(33)36;/h7-17,19-20,22-23H,1-6H3;/q-3;. The zero-order chi connectivity index (χ0) is 31.1. The van der Waals surface area contributed by atoms with Gasteiger partial charge in [0, 0.05) is 50.5 Å². The number of ether oxygens (including phenoxy) is 3. The van der Waals surface area contributed by atoms with Gasteiger partial charge in [-0.3, -0.25) is 0 Å². The van der Waals surface area contributed by atoms with Crippen LogP contribution in [-0.4, -0.2) is 19.4 Å². The van der Waals surface area contributed by atoms with Crippen LogP contribution in [-0.2, 0) is 41.4 Å². The predicted molar refractivity (Wildman–Crippen MR) is 174 cm³/mol. The maximum Gasteiger partial charge on any atom is 0.229 e. The monoisotopic (exact) mass is 788 g/mol. The quantitative estimate of drug-likeness (QED) is 0.170. The van der Waals surface area contributed by atoms with E-state index in [9.17, 15) is 0 Å². The fraction of sp³-hybridized carbons (Fsp3) is 0.211. The Morgan fingerprint density at radius 3 is 2.39 bits per heavy atom. The van der Waals surface area contributed by atoms with Crippen molar-refractivity contribution in [2.45, 2.75) is 52.4 Å². The number of pyridine rings is 1. The average molecular weight is 789 g/mol. The zero-order valence-electron chi connectivity index (χ0n) is 26.5. The van der Waals surface area contributed by atoms with Crippen molar-refractivity contribution in [3.8, 4) is 17.3 Å². The van der Waals surface area contributed by atoms with Gasteiger partial charge in [0.05, 0.1) is 6.26 Å². The van der Waals surface area contributed by atoms with Crippen molar-refractivity contribution in [2.75, 3.05) is 0 Å². The van der Waals surface area contributed by atoms with Crippen molar-refractivity contribution in [3.05, 3.63) is 133 Å². The largest absolute Gasteiger partial charge is 0.503 e. The third-order valence-electron chi connectivity index (χ3n) is 8.44. The van der Waals surface area contributed by atoms with E-state index < -0.39 is 0 Å². The first-order valence-electron chi connectivity index (χ1n) is 15.1. The van der Waals surface area contributed by atoms with E-state index in [0.29, 0.717) is 23.3 Å².